The van der Waals surface area contributed by atoms with Crippen molar-refractivity contribution in [3.63, 3.8) is 0 Å². The van der Waals surface area contributed by atoms with Crippen molar-refractivity contribution in [1.29, 1.82) is 0 Å². The van der Waals surface area contributed by atoms with Gasteiger partial charge in [-0.05, 0) is 119 Å². The average molecular weight is 734 g/mol. The molecule has 0 bridgehead atoms. The van der Waals surface area contributed by atoms with Crippen LogP contribution in [-0.2, 0) is 5.41 Å². The Morgan fingerprint density at radius 1 is 0.310 bits per heavy atom. The van der Waals surface area contributed by atoms with Crippen molar-refractivity contribution in [2.24, 2.45) is 0 Å². The second kappa shape index (κ2) is 11.8. The first-order chi connectivity index (χ1) is 28.8. The molecule has 10 aromatic rings. The van der Waals surface area contributed by atoms with Crippen LogP contribution in [0.2, 0.25) is 0 Å². The van der Waals surface area contributed by atoms with E-state index in [9.17, 15) is 0 Å². The summed E-state index contributed by atoms with van der Waals surface area (Å²) in [6.45, 7) is 0. The summed E-state index contributed by atoms with van der Waals surface area (Å²) in [6.07, 6.45) is 0. The molecule has 0 radical (unpaired) electrons. The van der Waals surface area contributed by atoms with Crippen molar-refractivity contribution in [2.75, 3.05) is 4.90 Å². The molecule has 10 aromatic carbocycles. The van der Waals surface area contributed by atoms with E-state index in [1.807, 2.05) is 0 Å². The smallest absolute Gasteiger partial charge is 0.0726 e. The van der Waals surface area contributed by atoms with Crippen LogP contribution in [0, 0.1) is 0 Å². The fourth-order valence-corrected chi connectivity index (χ4v) is 10.8. The van der Waals surface area contributed by atoms with E-state index in [-0.39, 0.29) is 0 Å². The van der Waals surface area contributed by atoms with Gasteiger partial charge in [0.1, 0.15) is 0 Å². The first kappa shape index (κ1) is 31.7. The van der Waals surface area contributed by atoms with Crippen LogP contribution in [0.15, 0.2) is 212 Å². The summed E-state index contributed by atoms with van der Waals surface area (Å²) in [6, 6.07) is 79.3. The molecule has 0 aromatic heterocycles. The van der Waals surface area contributed by atoms with E-state index in [0.29, 0.717) is 0 Å². The highest BCUT2D eigenvalue weighted by Gasteiger charge is 2.52. The van der Waals surface area contributed by atoms with E-state index in [1.54, 1.807) is 0 Å². The quantitative estimate of drug-likeness (QED) is 0.174. The van der Waals surface area contributed by atoms with Crippen LogP contribution < -0.4 is 4.90 Å². The molecule has 0 heterocycles. The fraction of sp³-hybridized carbons (Fsp3) is 0.0175. The van der Waals surface area contributed by atoms with E-state index in [0.717, 1.165) is 5.69 Å². The van der Waals surface area contributed by atoms with E-state index >= 15 is 0 Å². The van der Waals surface area contributed by atoms with Crippen molar-refractivity contribution in [2.45, 2.75) is 5.41 Å². The number of benzene rings is 10. The van der Waals surface area contributed by atoms with Gasteiger partial charge in [-0.2, -0.15) is 0 Å². The third-order valence-electron chi connectivity index (χ3n) is 13.2. The van der Waals surface area contributed by atoms with Crippen LogP contribution >= 0.6 is 0 Å². The van der Waals surface area contributed by atoms with Gasteiger partial charge in [-0.1, -0.05) is 176 Å². The Morgan fingerprint density at radius 3 is 1.53 bits per heavy atom. The Balaban J connectivity index is 1.14. The van der Waals surface area contributed by atoms with Crippen LogP contribution in [0.4, 0.5) is 17.1 Å². The molecular formula is C57H35N. The lowest BCUT2D eigenvalue weighted by molar-refractivity contribution is 0.794. The number of rotatable bonds is 4. The molecule has 1 nitrogen and oxygen atoms in total. The van der Waals surface area contributed by atoms with E-state index < -0.39 is 5.41 Å². The van der Waals surface area contributed by atoms with Gasteiger partial charge in [0, 0.05) is 22.2 Å². The number of fused-ring (bicyclic) bond motifs is 16. The maximum absolute atomic E-state index is 2.59. The Kier molecular flexibility index (Phi) is 6.43. The maximum atomic E-state index is 2.59. The Morgan fingerprint density at radius 2 is 0.828 bits per heavy atom. The minimum Gasteiger partial charge on any atom is -0.309 e. The van der Waals surface area contributed by atoms with Crippen LogP contribution in [-0.4, -0.2) is 0 Å². The molecule has 0 aliphatic heterocycles. The van der Waals surface area contributed by atoms with Gasteiger partial charge in [0.25, 0.3) is 0 Å². The Bertz CT molecular complexity index is 3290. The molecule has 0 N–H and O–H groups in total. The SMILES string of the molecule is c1ccc(-c2ccc(N(c3cccc4c3-c3ccccc3C43c4ccccc4-c4ccccc43)c3c4c(cc5ccccc35)-c3cc5ccccc5cc3-4)cc2)cc1. The summed E-state index contributed by atoms with van der Waals surface area (Å²) in [5.41, 5.74) is 21.4. The normalized spacial score (nSPS) is 13.3. The first-order valence-corrected chi connectivity index (χ1v) is 20.3. The molecule has 13 rings (SSSR count). The topological polar surface area (TPSA) is 3.24 Å². The van der Waals surface area contributed by atoms with Crippen molar-refractivity contribution < 1.29 is 0 Å². The highest BCUT2D eigenvalue weighted by atomic mass is 15.2. The van der Waals surface area contributed by atoms with Crippen molar-refractivity contribution in [1.82, 2.24) is 0 Å². The van der Waals surface area contributed by atoms with Crippen LogP contribution in [0.25, 0.3) is 77.2 Å². The molecule has 0 atom stereocenters. The number of hydrogen-bond acceptors (Lipinski definition) is 1. The van der Waals surface area contributed by atoms with Crippen molar-refractivity contribution in [3.05, 3.63) is 235 Å². The molecule has 3 aliphatic carbocycles. The fourth-order valence-electron chi connectivity index (χ4n) is 10.8. The van der Waals surface area contributed by atoms with Gasteiger partial charge in [-0.3, -0.25) is 0 Å². The zero-order valence-corrected chi connectivity index (χ0v) is 31.7. The molecule has 0 amide bonds. The van der Waals surface area contributed by atoms with Gasteiger partial charge in [-0.15, -0.1) is 0 Å². The van der Waals surface area contributed by atoms with Crippen molar-refractivity contribution >= 4 is 38.6 Å². The lowest BCUT2D eigenvalue weighted by Gasteiger charge is -2.36. The molecule has 268 valence electrons. The van der Waals surface area contributed by atoms with Gasteiger partial charge in [0.05, 0.1) is 16.8 Å². The summed E-state index contributed by atoms with van der Waals surface area (Å²) in [7, 11) is 0. The molecule has 0 unspecified atom stereocenters. The summed E-state index contributed by atoms with van der Waals surface area (Å²) in [5, 5.41) is 5.01. The first-order valence-electron chi connectivity index (χ1n) is 20.3. The van der Waals surface area contributed by atoms with Gasteiger partial charge in [0.15, 0.2) is 0 Å². The van der Waals surface area contributed by atoms with Gasteiger partial charge in [0.2, 0.25) is 0 Å². The molecule has 58 heavy (non-hydrogen) atoms. The standard InChI is InChI=1S/C57H35N/c1-2-15-36(16-3-1)37-29-31-41(32-30-37)58(56-42-20-7-6-19-40(42)35-48-46-33-38-17-4-5-18-39(38)34-47(46)54(48)56)53-28-14-27-52-55(53)45-23-10-13-26-51(45)57(52)49-24-11-8-21-43(49)44-22-9-12-25-50(44)57/h1-35H. The lowest BCUT2D eigenvalue weighted by atomic mass is 9.70. The van der Waals surface area contributed by atoms with E-state index in [2.05, 4.69) is 217 Å². The van der Waals surface area contributed by atoms with Gasteiger partial charge >= 0.3 is 0 Å². The highest BCUT2D eigenvalue weighted by Crippen LogP contribution is 2.66. The maximum Gasteiger partial charge on any atom is 0.0726 e. The van der Waals surface area contributed by atoms with Gasteiger partial charge in [-0.25, -0.2) is 0 Å². The number of hydrogen-bond donors (Lipinski definition) is 0. The zero-order valence-electron chi connectivity index (χ0n) is 31.7. The number of nitrogens with zero attached hydrogens (tertiary/aromatic N) is 1. The third-order valence-corrected chi connectivity index (χ3v) is 13.2. The molecular weight excluding hydrogens is 699 g/mol. The predicted molar refractivity (Wildman–Crippen MR) is 242 cm³/mol. The second-order valence-electron chi connectivity index (χ2n) is 15.9. The Labute approximate surface area is 337 Å². The molecule has 1 heteroatoms. The molecule has 0 fully saturated rings. The molecule has 1 spiro atoms. The largest absolute Gasteiger partial charge is 0.309 e. The summed E-state index contributed by atoms with van der Waals surface area (Å²) >= 11 is 0. The van der Waals surface area contributed by atoms with Gasteiger partial charge < -0.3 is 4.90 Å². The zero-order chi connectivity index (χ0) is 38.0. The highest BCUT2D eigenvalue weighted by molar-refractivity contribution is 6.21. The van der Waals surface area contributed by atoms with Crippen LogP contribution in [0.5, 0.6) is 0 Å². The minimum absolute atomic E-state index is 0.437. The van der Waals surface area contributed by atoms with E-state index in [1.165, 1.54) is 111 Å². The van der Waals surface area contributed by atoms with Crippen LogP contribution in [0.1, 0.15) is 22.3 Å². The average Bonchev–Trinajstić information content (AvgIpc) is 3.77. The lowest BCUT2D eigenvalue weighted by Crippen LogP contribution is -2.26. The number of anilines is 3. The summed E-state index contributed by atoms with van der Waals surface area (Å²) in [5.74, 6) is 0. The minimum atomic E-state index is -0.437. The third kappa shape index (κ3) is 4.10. The van der Waals surface area contributed by atoms with Crippen LogP contribution in [0.3, 0.4) is 0 Å². The molecule has 0 saturated carbocycles. The molecule has 0 saturated heterocycles. The van der Waals surface area contributed by atoms with E-state index in [4.69, 9.17) is 0 Å². The monoisotopic (exact) mass is 733 g/mol. The summed E-state index contributed by atoms with van der Waals surface area (Å²) < 4.78 is 0. The Hall–Kier alpha value is -7.48. The van der Waals surface area contributed by atoms with Crippen molar-refractivity contribution in [3.8, 4) is 55.6 Å². The predicted octanol–water partition coefficient (Wildman–Crippen LogP) is 15.1. The summed E-state index contributed by atoms with van der Waals surface area (Å²) in [4.78, 5) is 2.59. The second-order valence-corrected chi connectivity index (χ2v) is 15.9. The molecule has 3 aliphatic rings.